The molecule has 5 nitrogen and oxygen atoms in total. The Labute approximate surface area is 119 Å². The Kier molecular flexibility index (Phi) is 11.7. The molecule has 0 fully saturated rings. The van der Waals surface area contributed by atoms with E-state index in [1.54, 1.807) is 0 Å². The largest absolute Gasteiger partial charge is 0.356 e. The number of nitrogens with zero attached hydrogens (tertiary/aromatic N) is 3. The van der Waals surface area contributed by atoms with Crippen LogP contribution in [-0.4, -0.2) is 76.7 Å². The Balaban J connectivity index is 3.82. The fourth-order valence-electron chi connectivity index (χ4n) is 1.60. The molecule has 0 aromatic rings. The van der Waals surface area contributed by atoms with E-state index in [1.807, 2.05) is 0 Å². The maximum Gasteiger partial charge on any atom is 0.191 e. The molecule has 2 N–H and O–H groups in total. The molecule has 0 spiro atoms. The van der Waals surface area contributed by atoms with Crippen LogP contribution in [0, 0.1) is 0 Å². The monoisotopic (exact) mass is 271 g/mol. The average Bonchev–Trinajstić information content (AvgIpc) is 2.34. The summed E-state index contributed by atoms with van der Waals surface area (Å²) >= 11 is 0. The molecule has 0 rings (SSSR count). The third-order valence-corrected chi connectivity index (χ3v) is 2.64. The van der Waals surface area contributed by atoms with Crippen LogP contribution in [-0.2, 0) is 0 Å². The van der Waals surface area contributed by atoms with Crippen molar-refractivity contribution in [2.24, 2.45) is 4.99 Å². The predicted octanol–water partition coefficient (Wildman–Crippen LogP) is 0.835. The van der Waals surface area contributed by atoms with E-state index < -0.39 is 0 Å². The van der Waals surface area contributed by atoms with Gasteiger partial charge < -0.3 is 20.4 Å². The number of hydrogen-bond acceptors (Lipinski definition) is 3. The SMILES string of the molecule is CCCN=C(NCCCN(C)C)NCCCN(C)C. The second-order valence-electron chi connectivity index (χ2n) is 5.40. The molecule has 0 radical (unpaired) electrons. The molecule has 19 heavy (non-hydrogen) atoms. The lowest BCUT2D eigenvalue weighted by atomic mass is 10.4. The summed E-state index contributed by atoms with van der Waals surface area (Å²) in [6.07, 6.45) is 3.36. The average molecular weight is 271 g/mol. The molecular formula is C14H33N5. The van der Waals surface area contributed by atoms with Crippen molar-refractivity contribution in [1.29, 1.82) is 0 Å². The number of aliphatic imine (C=N–C) groups is 1. The van der Waals surface area contributed by atoms with Crippen LogP contribution in [0.2, 0.25) is 0 Å². The molecule has 0 aliphatic carbocycles. The van der Waals surface area contributed by atoms with Crippen LogP contribution in [0.4, 0.5) is 0 Å². The van der Waals surface area contributed by atoms with E-state index in [0.717, 1.165) is 57.9 Å². The van der Waals surface area contributed by atoms with Gasteiger partial charge in [0, 0.05) is 19.6 Å². The van der Waals surface area contributed by atoms with Gasteiger partial charge in [-0.15, -0.1) is 0 Å². The molecule has 0 amide bonds. The van der Waals surface area contributed by atoms with Crippen molar-refractivity contribution in [3.05, 3.63) is 0 Å². The van der Waals surface area contributed by atoms with E-state index in [-0.39, 0.29) is 0 Å². The van der Waals surface area contributed by atoms with Gasteiger partial charge in [-0.25, -0.2) is 0 Å². The Morgan fingerprint density at radius 2 is 1.37 bits per heavy atom. The lowest BCUT2D eigenvalue weighted by Crippen LogP contribution is -2.39. The van der Waals surface area contributed by atoms with Gasteiger partial charge in [0.25, 0.3) is 0 Å². The molecule has 0 aliphatic heterocycles. The molecule has 0 aliphatic rings. The standard InChI is InChI=1S/C14H33N5/c1-6-9-15-14(16-10-7-12-18(2)3)17-11-8-13-19(4)5/h6-13H2,1-5H3,(H2,15,16,17). The molecule has 0 heterocycles. The van der Waals surface area contributed by atoms with Crippen molar-refractivity contribution >= 4 is 5.96 Å². The quantitative estimate of drug-likeness (QED) is 0.351. The zero-order chi connectivity index (χ0) is 14.5. The van der Waals surface area contributed by atoms with Gasteiger partial charge >= 0.3 is 0 Å². The molecule has 0 aromatic carbocycles. The molecule has 0 aromatic heterocycles. The van der Waals surface area contributed by atoms with Crippen molar-refractivity contribution in [3.63, 3.8) is 0 Å². The van der Waals surface area contributed by atoms with Crippen molar-refractivity contribution in [1.82, 2.24) is 20.4 Å². The lowest BCUT2D eigenvalue weighted by molar-refractivity contribution is 0.397. The summed E-state index contributed by atoms with van der Waals surface area (Å²) in [5, 5.41) is 6.79. The van der Waals surface area contributed by atoms with E-state index in [2.05, 4.69) is 60.5 Å². The molecule has 0 saturated heterocycles. The molecule has 0 atom stereocenters. The minimum Gasteiger partial charge on any atom is -0.356 e. The zero-order valence-corrected chi connectivity index (χ0v) is 13.5. The topological polar surface area (TPSA) is 42.9 Å². The maximum atomic E-state index is 4.54. The van der Waals surface area contributed by atoms with Gasteiger partial charge in [0.2, 0.25) is 0 Å². The highest BCUT2D eigenvalue weighted by atomic mass is 15.2. The second kappa shape index (κ2) is 12.2. The van der Waals surface area contributed by atoms with Crippen LogP contribution in [0.25, 0.3) is 0 Å². The van der Waals surface area contributed by atoms with Crippen LogP contribution >= 0.6 is 0 Å². The Morgan fingerprint density at radius 3 is 1.74 bits per heavy atom. The van der Waals surface area contributed by atoms with Crippen molar-refractivity contribution < 1.29 is 0 Å². The molecule has 114 valence electrons. The summed E-state index contributed by atoms with van der Waals surface area (Å²) in [4.78, 5) is 8.95. The first-order valence-corrected chi connectivity index (χ1v) is 7.38. The van der Waals surface area contributed by atoms with Gasteiger partial charge in [-0.2, -0.15) is 0 Å². The summed E-state index contributed by atoms with van der Waals surface area (Å²) in [7, 11) is 8.41. The van der Waals surface area contributed by atoms with Gasteiger partial charge in [0.05, 0.1) is 0 Å². The lowest BCUT2D eigenvalue weighted by Gasteiger charge is -2.15. The van der Waals surface area contributed by atoms with Crippen LogP contribution in [0.15, 0.2) is 4.99 Å². The smallest absolute Gasteiger partial charge is 0.191 e. The summed E-state index contributed by atoms with van der Waals surface area (Å²) in [6, 6.07) is 0. The van der Waals surface area contributed by atoms with Crippen molar-refractivity contribution in [2.45, 2.75) is 26.2 Å². The van der Waals surface area contributed by atoms with E-state index in [4.69, 9.17) is 0 Å². The van der Waals surface area contributed by atoms with Crippen LogP contribution in [0.3, 0.4) is 0 Å². The third kappa shape index (κ3) is 13.4. The number of rotatable bonds is 10. The Bertz CT molecular complexity index is 208. The molecule has 5 heteroatoms. The first kappa shape index (κ1) is 18.2. The van der Waals surface area contributed by atoms with Crippen LogP contribution in [0.5, 0.6) is 0 Å². The van der Waals surface area contributed by atoms with E-state index >= 15 is 0 Å². The van der Waals surface area contributed by atoms with Gasteiger partial charge in [-0.05, 0) is 60.5 Å². The van der Waals surface area contributed by atoms with E-state index in [1.165, 1.54) is 0 Å². The van der Waals surface area contributed by atoms with Crippen molar-refractivity contribution in [3.8, 4) is 0 Å². The molecular weight excluding hydrogens is 238 g/mol. The van der Waals surface area contributed by atoms with Crippen LogP contribution < -0.4 is 10.6 Å². The Hall–Kier alpha value is -0.810. The van der Waals surface area contributed by atoms with E-state index in [0.29, 0.717) is 0 Å². The van der Waals surface area contributed by atoms with Gasteiger partial charge in [-0.1, -0.05) is 6.92 Å². The Morgan fingerprint density at radius 1 is 0.895 bits per heavy atom. The zero-order valence-electron chi connectivity index (χ0n) is 13.5. The third-order valence-electron chi connectivity index (χ3n) is 2.64. The minimum atomic E-state index is 0.886. The first-order valence-electron chi connectivity index (χ1n) is 7.38. The van der Waals surface area contributed by atoms with Gasteiger partial charge in [-0.3, -0.25) is 4.99 Å². The summed E-state index contributed by atoms with van der Waals surface area (Å²) < 4.78 is 0. The molecule has 0 bridgehead atoms. The number of hydrogen-bond donors (Lipinski definition) is 2. The second-order valence-corrected chi connectivity index (χ2v) is 5.40. The highest BCUT2D eigenvalue weighted by molar-refractivity contribution is 5.79. The minimum absolute atomic E-state index is 0.886. The maximum absolute atomic E-state index is 4.54. The molecule has 0 unspecified atom stereocenters. The highest BCUT2D eigenvalue weighted by Crippen LogP contribution is 1.85. The van der Waals surface area contributed by atoms with Gasteiger partial charge in [0.1, 0.15) is 0 Å². The van der Waals surface area contributed by atoms with Crippen molar-refractivity contribution in [2.75, 3.05) is 60.9 Å². The summed E-state index contributed by atoms with van der Waals surface area (Å²) in [5.74, 6) is 0.958. The predicted molar refractivity (Wildman–Crippen MR) is 84.9 cm³/mol. The number of nitrogens with one attached hydrogen (secondary N) is 2. The summed E-state index contributed by atoms with van der Waals surface area (Å²) in [5.41, 5.74) is 0. The molecule has 0 saturated carbocycles. The van der Waals surface area contributed by atoms with Gasteiger partial charge in [0.15, 0.2) is 5.96 Å². The summed E-state index contributed by atoms with van der Waals surface area (Å²) in [6.45, 7) is 7.20. The fraction of sp³-hybridized carbons (Fsp3) is 0.929. The van der Waals surface area contributed by atoms with E-state index in [9.17, 15) is 0 Å². The van der Waals surface area contributed by atoms with Crippen LogP contribution in [0.1, 0.15) is 26.2 Å². The normalized spacial score (nSPS) is 10.9. The first-order chi connectivity index (χ1) is 9.06. The highest BCUT2D eigenvalue weighted by Gasteiger charge is 1.98. The fourth-order valence-corrected chi connectivity index (χ4v) is 1.60. The number of guanidine groups is 1.